The number of phenols is 1. The molecule has 0 aliphatic carbocycles. The highest BCUT2D eigenvalue weighted by Gasteiger charge is 2.29. The summed E-state index contributed by atoms with van der Waals surface area (Å²) in [7, 11) is 1.56. The number of aromatic hydroxyl groups is 1. The van der Waals surface area contributed by atoms with Gasteiger partial charge in [-0.25, -0.2) is 0 Å². The average Bonchev–Trinajstić information content (AvgIpc) is 2.64. The van der Waals surface area contributed by atoms with Gasteiger partial charge in [-0.2, -0.15) is 0 Å². The highest BCUT2D eigenvalue weighted by molar-refractivity contribution is 5.95. The van der Waals surface area contributed by atoms with Gasteiger partial charge in [-0.3, -0.25) is 9.69 Å². The molecule has 1 N–H and O–H groups in total. The summed E-state index contributed by atoms with van der Waals surface area (Å²) in [6.07, 6.45) is 1.84. The Balaban J connectivity index is 1.68. The van der Waals surface area contributed by atoms with Crippen LogP contribution in [0, 0.1) is 6.92 Å². The summed E-state index contributed by atoms with van der Waals surface area (Å²) in [5, 5.41) is 9.64. The minimum absolute atomic E-state index is 0.00883. The van der Waals surface area contributed by atoms with Crippen molar-refractivity contribution < 1.29 is 14.6 Å². The molecular formula is C22H28N2O3. The van der Waals surface area contributed by atoms with E-state index in [0.717, 1.165) is 49.3 Å². The largest absolute Gasteiger partial charge is 0.508 e. The lowest BCUT2D eigenvalue weighted by Crippen LogP contribution is -2.48. The molecule has 27 heavy (non-hydrogen) atoms. The predicted octanol–water partition coefficient (Wildman–Crippen LogP) is 3.34. The van der Waals surface area contributed by atoms with Gasteiger partial charge in [0.05, 0.1) is 0 Å². The number of likely N-dealkylation sites (tertiary alicyclic amines) is 1. The molecule has 1 heterocycles. The molecule has 2 aromatic carbocycles. The Morgan fingerprint density at radius 3 is 2.59 bits per heavy atom. The van der Waals surface area contributed by atoms with E-state index in [9.17, 15) is 9.90 Å². The monoisotopic (exact) mass is 368 g/mol. The maximum Gasteiger partial charge on any atom is 0.253 e. The fraction of sp³-hybridized carbons (Fsp3) is 0.409. The zero-order chi connectivity index (χ0) is 19.2. The second kappa shape index (κ2) is 9.02. The van der Waals surface area contributed by atoms with Gasteiger partial charge >= 0.3 is 0 Å². The molecule has 1 saturated heterocycles. The number of phenolic OH excluding ortho intramolecular Hbond substituents is 1. The van der Waals surface area contributed by atoms with Gasteiger partial charge in [0, 0.05) is 38.5 Å². The molecule has 1 fully saturated rings. The van der Waals surface area contributed by atoms with Crippen LogP contribution in [-0.4, -0.2) is 48.8 Å². The fourth-order valence-corrected chi connectivity index (χ4v) is 3.78. The minimum atomic E-state index is 0.00883. The lowest BCUT2D eigenvalue weighted by Gasteiger charge is -2.38. The third-order valence-corrected chi connectivity index (χ3v) is 5.06. The first-order valence-electron chi connectivity index (χ1n) is 9.45. The van der Waals surface area contributed by atoms with Crippen LogP contribution in [0.4, 0.5) is 5.69 Å². The number of nitrogens with zero attached hydrogens (tertiary/aromatic N) is 2. The molecular weight excluding hydrogens is 340 g/mol. The van der Waals surface area contributed by atoms with Crippen LogP contribution in [0.15, 0.2) is 48.5 Å². The number of carbonyl (C=O) groups excluding carboxylic acids is 1. The van der Waals surface area contributed by atoms with Crippen molar-refractivity contribution in [3.8, 4) is 5.75 Å². The van der Waals surface area contributed by atoms with Crippen molar-refractivity contribution >= 4 is 11.6 Å². The predicted molar refractivity (Wildman–Crippen MR) is 107 cm³/mol. The Kier molecular flexibility index (Phi) is 6.48. The van der Waals surface area contributed by atoms with E-state index >= 15 is 0 Å². The molecule has 1 aliphatic rings. The number of aryl methyl sites for hydroxylation is 1. The van der Waals surface area contributed by atoms with Gasteiger partial charge in [0.1, 0.15) is 12.4 Å². The zero-order valence-corrected chi connectivity index (χ0v) is 16.1. The molecule has 144 valence electrons. The van der Waals surface area contributed by atoms with Crippen molar-refractivity contribution in [1.82, 2.24) is 4.90 Å². The van der Waals surface area contributed by atoms with Crippen LogP contribution in [-0.2, 0) is 16.1 Å². The van der Waals surface area contributed by atoms with E-state index in [2.05, 4.69) is 11.0 Å². The number of hydrogen-bond donors (Lipinski definition) is 1. The SMILES string of the molecule is COCC(=O)N(c1cccc(C)c1)C1CCN(Cc2cccc(O)c2)CC1. The summed E-state index contributed by atoms with van der Waals surface area (Å²) in [4.78, 5) is 17.0. The van der Waals surface area contributed by atoms with E-state index in [1.54, 1.807) is 13.2 Å². The van der Waals surface area contributed by atoms with Crippen LogP contribution in [0.25, 0.3) is 0 Å². The standard InChI is InChI=1S/C22H28N2O3/c1-17-5-3-7-20(13-17)24(22(26)16-27-2)19-9-11-23(12-10-19)15-18-6-4-8-21(25)14-18/h3-8,13-14,19,25H,9-12,15-16H2,1-2H3. The van der Waals surface area contributed by atoms with Gasteiger partial charge in [-0.15, -0.1) is 0 Å². The minimum Gasteiger partial charge on any atom is -0.508 e. The molecule has 3 rings (SSSR count). The summed E-state index contributed by atoms with van der Waals surface area (Å²) < 4.78 is 5.11. The molecule has 5 nitrogen and oxygen atoms in total. The van der Waals surface area contributed by atoms with E-state index in [4.69, 9.17) is 4.74 Å². The number of carbonyl (C=O) groups is 1. The van der Waals surface area contributed by atoms with Gasteiger partial charge in [0.15, 0.2) is 0 Å². The van der Waals surface area contributed by atoms with Gasteiger partial charge in [0.2, 0.25) is 0 Å². The first-order valence-corrected chi connectivity index (χ1v) is 9.45. The summed E-state index contributed by atoms with van der Waals surface area (Å²) in [6.45, 7) is 4.79. The van der Waals surface area contributed by atoms with Crippen molar-refractivity contribution in [3.05, 3.63) is 59.7 Å². The molecule has 0 atom stereocenters. The smallest absolute Gasteiger partial charge is 0.253 e. The third-order valence-electron chi connectivity index (χ3n) is 5.06. The third kappa shape index (κ3) is 5.08. The molecule has 2 aromatic rings. The summed E-state index contributed by atoms with van der Waals surface area (Å²) in [5.74, 6) is 0.313. The Labute approximate surface area is 161 Å². The van der Waals surface area contributed by atoms with Crippen LogP contribution in [0.2, 0.25) is 0 Å². The second-order valence-corrected chi connectivity index (χ2v) is 7.21. The number of rotatable bonds is 6. The van der Waals surface area contributed by atoms with Gasteiger partial charge in [-0.1, -0.05) is 24.3 Å². The molecule has 0 unspecified atom stereocenters. The van der Waals surface area contributed by atoms with Crippen LogP contribution in [0.1, 0.15) is 24.0 Å². The summed E-state index contributed by atoms with van der Waals surface area (Å²) in [6, 6.07) is 15.7. The zero-order valence-electron chi connectivity index (χ0n) is 16.1. The number of benzene rings is 2. The molecule has 0 spiro atoms. The molecule has 0 radical (unpaired) electrons. The highest BCUT2D eigenvalue weighted by Crippen LogP contribution is 2.26. The maximum atomic E-state index is 12.7. The van der Waals surface area contributed by atoms with Crippen molar-refractivity contribution in [2.45, 2.75) is 32.4 Å². The first kappa shape index (κ1) is 19.4. The van der Waals surface area contributed by atoms with E-state index < -0.39 is 0 Å². The van der Waals surface area contributed by atoms with Crippen molar-refractivity contribution in [3.63, 3.8) is 0 Å². The molecule has 5 heteroatoms. The number of methoxy groups -OCH3 is 1. The van der Waals surface area contributed by atoms with Gasteiger partial charge in [0.25, 0.3) is 5.91 Å². The molecule has 0 aromatic heterocycles. The number of piperidine rings is 1. The Morgan fingerprint density at radius 1 is 1.19 bits per heavy atom. The van der Waals surface area contributed by atoms with Crippen molar-refractivity contribution in [1.29, 1.82) is 0 Å². The fourth-order valence-electron chi connectivity index (χ4n) is 3.78. The Hall–Kier alpha value is -2.37. The van der Waals surface area contributed by atoms with E-state index in [-0.39, 0.29) is 18.6 Å². The van der Waals surface area contributed by atoms with Crippen molar-refractivity contribution in [2.24, 2.45) is 0 Å². The molecule has 1 amide bonds. The molecule has 0 bridgehead atoms. The lowest BCUT2D eigenvalue weighted by atomic mass is 10.0. The van der Waals surface area contributed by atoms with Crippen LogP contribution in [0.3, 0.4) is 0 Å². The quantitative estimate of drug-likeness (QED) is 0.850. The number of amides is 1. The van der Waals surface area contributed by atoms with Crippen LogP contribution < -0.4 is 4.90 Å². The van der Waals surface area contributed by atoms with Crippen LogP contribution >= 0.6 is 0 Å². The first-order chi connectivity index (χ1) is 13.1. The number of ether oxygens (including phenoxy) is 1. The van der Waals surface area contributed by atoms with Crippen molar-refractivity contribution in [2.75, 3.05) is 31.7 Å². The maximum absolute atomic E-state index is 12.7. The Morgan fingerprint density at radius 2 is 1.93 bits per heavy atom. The topological polar surface area (TPSA) is 53.0 Å². The Bertz CT molecular complexity index is 770. The number of anilines is 1. The van der Waals surface area contributed by atoms with E-state index in [0.29, 0.717) is 5.75 Å². The average molecular weight is 368 g/mol. The van der Waals surface area contributed by atoms with E-state index in [1.165, 1.54) is 0 Å². The number of hydrogen-bond acceptors (Lipinski definition) is 4. The normalized spacial score (nSPS) is 15.6. The molecule has 0 saturated carbocycles. The second-order valence-electron chi connectivity index (χ2n) is 7.21. The van der Waals surface area contributed by atoms with Gasteiger partial charge in [-0.05, 0) is 55.2 Å². The summed E-state index contributed by atoms with van der Waals surface area (Å²) in [5.41, 5.74) is 3.20. The lowest BCUT2D eigenvalue weighted by molar-refractivity contribution is -0.122. The van der Waals surface area contributed by atoms with E-state index in [1.807, 2.05) is 48.2 Å². The summed E-state index contributed by atoms with van der Waals surface area (Å²) >= 11 is 0. The van der Waals surface area contributed by atoms with Crippen LogP contribution in [0.5, 0.6) is 5.75 Å². The highest BCUT2D eigenvalue weighted by atomic mass is 16.5. The molecule has 1 aliphatic heterocycles. The van der Waals surface area contributed by atoms with Gasteiger partial charge < -0.3 is 14.7 Å².